The van der Waals surface area contributed by atoms with E-state index in [1.807, 2.05) is 184 Å². The molecule has 0 saturated carbocycles. The van der Waals surface area contributed by atoms with Gasteiger partial charge in [-0.3, -0.25) is 14.4 Å². The van der Waals surface area contributed by atoms with E-state index in [1.54, 1.807) is 6.26 Å². The summed E-state index contributed by atoms with van der Waals surface area (Å²) in [5.41, 5.74) is 13.4. The maximum Gasteiger partial charge on any atom is 2.00 e. The van der Waals surface area contributed by atoms with Crippen LogP contribution >= 0.6 is 7.92 Å². The summed E-state index contributed by atoms with van der Waals surface area (Å²) < 4.78 is 30.7. The third-order valence-corrected chi connectivity index (χ3v) is 24.5. The van der Waals surface area contributed by atoms with Gasteiger partial charge in [0.2, 0.25) is 5.65 Å². The van der Waals surface area contributed by atoms with Crippen LogP contribution < -0.4 is 24.6 Å². The topological polar surface area (TPSA) is 140 Å². The molecular weight excluding hydrogens is 2070 g/mol. The molecule has 12 aromatic heterocycles. The SMILES string of the molecule is Cn1cc[c-][n+]1-n1ccc2ccc(-n3c4ccccc4c4ccc(-n5c6[c-]cccc6c6ccccc65)nc43)nc21.[Pt+2].[Pt+2].[Pt+2].[c-]1cccc2cccc(-c3cccc(N4c5ccccc5Oc5ccc(-n6c7[c-]cccc7c7ccccc76)nc54)n3)c12.[c-]1ccccc1C[PH+](CN(c1ccccc1)c1nc2c(-n3[c-]ccc3)coc2o1)c1ccccc1. The second kappa shape index (κ2) is 33.5. The Bertz CT molecular complexity index is 7640. The Morgan fingerprint density at radius 2 is 1.07 bits per heavy atom. The van der Waals surface area contributed by atoms with E-state index in [4.69, 9.17) is 38.5 Å². The van der Waals surface area contributed by atoms with Gasteiger partial charge in [-0.05, 0) is 120 Å². The monoisotopic (exact) mass is 2140 g/mol. The van der Waals surface area contributed by atoms with E-state index in [-0.39, 0.29) is 63.2 Å². The van der Waals surface area contributed by atoms with Crippen molar-refractivity contribution in [2.45, 2.75) is 6.16 Å². The summed E-state index contributed by atoms with van der Waals surface area (Å²) in [4.78, 5) is 32.0. The Labute approximate surface area is 744 Å². The number of rotatable bonds is 14. The first-order valence-electron chi connectivity index (χ1n) is 39.2. The van der Waals surface area contributed by atoms with Gasteiger partial charge in [-0.2, -0.15) is 89.9 Å². The van der Waals surface area contributed by atoms with Crippen molar-refractivity contribution in [1.82, 2.24) is 52.5 Å². The van der Waals surface area contributed by atoms with Crippen LogP contribution in [0.3, 0.4) is 0 Å². The number of hydrogen-bond acceptors (Lipinski definition) is 10. The van der Waals surface area contributed by atoms with Crippen molar-refractivity contribution in [3.8, 4) is 45.9 Å². The van der Waals surface area contributed by atoms with Crippen LogP contribution in [0, 0.1) is 36.7 Å². The van der Waals surface area contributed by atoms with E-state index >= 15 is 0 Å². The summed E-state index contributed by atoms with van der Waals surface area (Å²) in [6.45, 7) is 0. The van der Waals surface area contributed by atoms with Gasteiger partial charge in [0, 0.05) is 51.3 Å². The summed E-state index contributed by atoms with van der Waals surface area (Å²) in [6.07, 6.45) is 15.6. The minimum absolute atomic E-state index is 0. The Morgan fingerprint density at radius 1 is 0.434 bits per heavy atom. The Hall–Kier alpha value is -13.6. The first kappa shape index (κ1) is 78.2. The van der Waals surface area contributed by atoms with Crippen molar-refractivity contribution in [1.29, 1.82) is 0 Å². The molecule has 0 aliphatic carbocycles. The minimum atomic E-state index is -1.09. The average Bonchev–Trinajstić information content (AvgIpc) is 1.52. The molecule has 122 heavy (non-hydrogen) atoms. The number of fused-ring (bicyclic) bond motifs is 14. The fraction of sp³-hybridized carbons (Fsp3) is 0.0297. The first-order chi connectivity index (χ1) is 58.9. The number of benzene rings is 11. The summed E-state index contributed by atoms with van der Waals surface area (Å²) >= 11 is 0. The minimum Gasteiger partial charge on any atom is -0.451 e. The molecule has 17 nitrogen and oxygen atoms in total. The summed E-state index contributed by atoms with van der Waals surface area (Å²) in [7, 11) is 0.895. The van der Waals surface area contributed by atoms with Crippen LogP contribution in [0.4, 0.5) is 29.0 Å². The van der Waals surface area contributed by atoms with Gasteiger partial charge in [0.15, 0.2) is 17.3 Å². The molecule has 0 bridgehead atoms. The van der Waals surface area contributed by atoms with Crippen LogP contribution in [-0.2, 0) is 76.4 Å². The van der Waals surface area contributed by atoms with E-state index in [9.17, 15) is 0 Å². The standard InChI is InChI=1S/C38H22N4O.C34H22N7.C29H22N3O2P.3Pt/c1-2-13-26-25(11-1)12-9-16-27(26)30-17-10-22-36(39-30)42-33-20-7-8-21-34(33)43-35-23-24-37(40-38(35)42)41-31-18-5-3-14-28(31)29-15-4-6-19-32(29)41;1-37-20-8-21-39(37)38-22-19-23-15-17-32(35-33(23)38)41-30-14-7-4-11-26(30)27-16-18-31(36-34(27)41)40-28-12-5-2-9-24(28)25-10-3-6-13-29(25)40;1-4-12-23(13-5-1)21-35(25-16-8-3-9-17-25)22-32(24-14-6-2-7-15-24)29-30-27-26(20-33-28(27)34-29)31-18-10-11-19-31;;;/h1-12,14-18,20-24H;2-12,14-20,22H,1H3;1-12,14-18,20H,21-22H2;;;/q-2;-1;-2;3*+2/p+1. The summed E-state index contributed by atoms with van der Waals surface area (Å²) in [5, 5.41) is 11.4. The van der Waals surface area contributed by atoms with E-state index in [1.165, 1.54) is 16.3 Å². The molecule has 13 heterocycles. The molecule has 1 aliphatic heterocycles. The molecule has 23 aromatic rings. The Kier molecular flexibility index (Phi) is 21.5. The number of furan rings is 1. The van der Waals surface area contributed by atoms with E-state index in [2.05, 4.69) is 254 Å². The van der Waals surface area contributed by atoms with E-state index in [0.717, 1.165) is 152 Å². The maximum absolute atomic E-state index is 6.40. The zero-order chi connectivity index (χ0) is 78.9. The fourth-order valence-corrected chi connectivity index (χ4v) is 19.0. The number of para-hydroxylation sites is 8. The van der Waals surface area contributed by atoms with Crippen molar-refractivity contribution in [2.24, 2.45) is 7.05 Å². The van der Waals surface area contributed by atoms with Gasteiger partial charge >= 0.3 is 75.0 Å². The maximum atomic E-state index is 6.40. The van der Waals surface area contributed by atoms with Gasteiger partial charge in [0.05, 0.1) is 43.1 Å². The number of hydrogen-bond donors (Lipinski definition) is 0. The van der Waals surface area contributed by atoms with E-state index in [0.29, 0.717) is 28.9 Å². The quantitative estimate of drug-likeness (QED) is 0.0587. The van der Waals surface area contributed by atoms with Crippen LogP contribution in [0.15, 0.2) is 367 Å². The first-order valence-corrected chi connectivity index (χ1v) is 41.1. The molecule has 1 aliphatic rings. The molecule has 21 heteroatoms. The molecule has 0 saturated heterocycles. The number of ether oxygens (including phenoxy) is 1. The van der Waals surface area contributed by atoms with Gasteiger partial charge < -0.3 is 27.3 Å². The molecule has 0 N–H and O–H groups in total. The average molecular weight is 2140 g/mol. The molecule has 0 radical (unpaired) electrons. The number of nitrogens with zero attached hydrogens (tertiary/aromatic N) is 14. The zero-order valence-corrected chi connectivity index (χ0v) is 72.7. The molecule has 1 atom stereocenters. The third-order valence-electron chi connectivity index (χ3n) is 21.9. The van der Waals surface area contributed by atoms with Crippen LogP contribution in [0.25, 0.3) is 133 Å². The van der Waals surface area contributed by atoms with Gasteiger partial charge in [-0.15, -0.1) is 74.4 Å². The van der Waals surface area contributed by atoms with Crippen molar-refractivity contribution in [2.75, 3.05) is 16.1 Å². The molecule has 592 valence electrons. The number of oxazole rings is 1. The zero-order valence-electron chi connectivity index (χ0n) is 64.9. The summed E-state index contributed by atoms with van der Waals surface area (Å²) in [6, 6.07) is 128. The molecule has 0 spiro atoms. The second-order valence-electron chi connectivity index (χ2n) is 28.9. The molecule has 24 rings (SSSR count). The van der Waals surface area contributed by atoms with Gasteiger partial charge in [-0.1, -0.05) is 161 Å². The van der Waals surface area contributed by atoms with Crippen molar-refractivity contribution in [3.05, 3.63) is 401 Å². The molecule has 1 unspecified atom stereocenters. The third kappa shape index (κ3) is 14.1. The second-order valence-corrected chi connectivity index (χ2v) is 31.4. The largest absolute Gasteiger partial charge is 2.00 e. The number of pyridine rings is 4. The van der Waals surface area contributed by atoms with Gasteiger partial charge in [-0.25, -0.2) is 24.6 Å². The molecule has 11 aromatic carbocycles. The smallest absolute Gasteiger partial charge is 0.451 e. The fourth-order valence-electron chi connectivity index (χ4n) is 16.4. The predicted molar refractivity (Wildman–Crippen MR) is 473 cm³/mol. The summed E-state index contributed by atoms with van der Waals surface area (Å²) in [5.74, 6) is 5.67. The number of anilines is 5. The number of aromatic nitrogens is 12. The number of aryl methyl sites for hydroxylation is 1. The molecule has 0 fully saturated rings. The van der Waals surface area contributed by atoms with E-state index < -0.39 is 7.92 Å². The molecule has 0 amide bonds. The predicted octanol–water partition coefficient (Wildman–Crippen LogP) is 22.4. The Morgan fingerprint density at radius 3 is 1.80 bits per heavy atom. The van der Waals surface area contributed by atoms with Gasteiger partial charge in [0.1, 0.15) is 46.9 Å². The van der Waals surface area contributed by atoms with Crippen LogP contribution in [0.1, 0.15) is 5.56 Å². The van der Waals surface area contributed by atoms with Crippen molar-refractivity contribution in [3.63, 3.8) is 0 Å². The van der Waals surface area contributed by atoms with Crippen molar-refractivity contribution < 1.29 is 81.6 Å². The van der Waals surface area contributed by atoms with Gasteiger partial charge in [0.25, 0.3) is 0 Å². The van der Waals surface area contributed by atoms with Crippen LogP contribution in [-0.4, -0.2) is 58.8 Å². The van der Waals surface area contributed by atoms with Crippen LogP contribution in [0.5, 0.6) is 11.5 Å². The van der Waals surface area contributed by atoms with Crippen LogP contribution in [0.2, 0.25) is 0 Å². The molecular formula is C101H67N14O3PPt3+2. The Balaban J connectivity index is 0.000000120. The van der Waals surface area contributed by atoms with Crippen molar-refractivity contribution >= 4 is 141 Å². The normalized spacial score (nSPS) is 11.9.